The monoisotopic (exact) mass is 323 g/mol. The molecule has 23 heavy (non-hydrogen) atoms. The van der Waals surface area contributed by atoms with Gasteiger partial charge < -0.3 is 25.8 Å². The van der Waals surface area contributed by atoms with Crippen LogP contribution in [-0.4, -0.2) is 32.2 Å². The van der Waals surface area contributed by atoms with E-state index in [-0.39, 0.29) is 11.8 Å². The van der Waals surface area contributed by atoms with E-state index in [2.05, 4.69) is 10.6 Å². The van der Waals surface area contributed by atoms with Crippen molar-refractivity contribution < 1.29 is 19.1 Å². The van der Waals surface area contributed by atoms with E-state index in [4.69, 9.17) is 15.2 Å². The smallest absolute Gasteiger partial charge is 0.312 e. The molecule has 0 heterocycles. The van der Waals surface area contributed by atoms with Crippen molar-refractivity contribution in [2.45, 2.75) is 33.2 Å². The molecule has 0 spiro atoms. The van der Waals surface area contributed by atoms with Gasteiger partial charge in [0.25, 0.3) is 0 Å². The third-order valence-corrected chi connectivity index (χ3v) is 3.33. The second-order valence-corrected chi connectivity index (χ2v) is 5.70. The first-order chi connectivity index (χ1) is 10.8. The predicted molar refractivity (Wildman–Crippen MR) is 88.9 cm³/mol. The van der Waals surface area contributed by atoms with Crippen LogP contribution in [0.3, 0.4) is 0 Å². The third-order valence-electron chi connectivity index (χ3n) is 3.33. The van der Waals surface area contributed by atoms with Crippen molar-refractivity contribution in [3.63, 3.8) is 0 Å². The van der Waals surface area contributed by atoms with Gasteiger partial charge in [0.2, 0.25) is 5.91 Å². The predicted octanol–water partition coefficient (Wildman–Crippen LogP) is 2.03. The quantitative estimate of drug-likeness (QED) is 0.714. The summed E-state index contributed by atoms with van der Waals surface area (Å²) in [4.78, 5) is 23.5. The fourth-order valence-corrected chi connectivity index (χ4v) is 2.21. The number of aryl methyl sites for hydroxylation is 1. The Balaban J connectivity index is 2.99. The van der Waals surface area contributed by atoms with Gasteiger partial charge in [0, 0.05) is 11.8 Å². The second kappa shape index (κ2) is 8.26. The zero-order chi connectivity index (χ0) is 17.6. The van der Waals surface area contributed by atoms with Crippen molar-refractivity contribution in [3.8, 4) is 11.5 Å². The molecule has 0 saturated heterocycles. The van der Waals surface area contributed by atoms with Crippen molar-refractivity contribution in [1.82, 2.24) is 5.32 Å². The van der Waals surface area contributed by atoms with Crippen molar-refractivity contribution in [3.05, 3.63) is 17.7 Å². The van der Waals surface area contributed by atoms with Crippen LogP contribution in [0.15, 0.2) is 12.1 Å². The van der Waals surface area contributed by atoms with Gasteiger partial charge in [-0.2, -0.15) is 0 Å². The molecule has 0 aliphatic carbocycles. The lowest BCUT2D eigenvalue weighted by Crippen LogP contribution is -2.46. The van der Waals surface area contributed by atoms with E-state index < -0.39 is 12.1 Å². The Hall–Kier alpha value is -2.44. The van der Waals surface area contributed by atoms with E-state index in [0.29, 0.717) is 23.6 Å². The van der Waals surface area contributed by atoms with E-state index in [1.165, 1.54) is 7.11 Å². The highest BCUT2D eigenvalue weighted by Crippen LogP contribution is 2.33. The van der Waals surface area contributed by atoms with Crippen molar-refractivity contribution in [2.75, 3.05) is 19.5 Å². The Labute approximate surface area is 136 Å². The van der Waals surface area contributed by atoms with Crippen LogP contribution in [0.1, 0.15) is 25.8 Å². The summed E-state index contributed by atoms with van der Waals surface area (Å²) in [6, 6.07) is 2.03. The van der Waals surface area contributed by atoms with E-state index in [9.17, 15) is 9.59 Å². The lowest BCUT2D eigenvalue weighted by molar-refractivity contribution is -0.118. The molecule has 4 N–H and O–H groups in total. The molecule has 1 aromatic carbocycles. The fraction of sp³-hybridized carbons (Fsp3) is 0.500. The fourth-order valence-electron chi connectivity index (χ4n) is 2.21. The first-order valence-corrected chi connectivity index (χ1v) is 7.37. The minimum absolute atomic E-state index is 0.226. The number of anilines is 1. The summed E-state index contributed by atoms with van der Waals surface area (Å²) < 4.78 is 10.5. The van der Waals surface area contributed by atoms with Crippen molar-refractivity contribution >= 4 is 17.6 Å². The number of hydrogen-bond donors (Lipinski definition) is 3. The normalized spacial score (nSPS) is 11.7. The van der Waals surface area contributed by atoms with Crippen LogP contribution in [0.2, 0.25) is 0 Å². The molecule has 7 heteroatoms. The summed E-state index contributed by atoms with van der Waals surface area (Å²) in [5.74, 6) is 0.991. The van der Waals surface area contributed by atoms with Crippen LogP contribution in [0, 0.1) is 12.8 Å². The van der Waals surface area contributed by atoms with E-state index in [1.807, 2.05) is 20.8 Å². The van der Waals surface area contributed by atoms with Crippen LogP contribution >= 0.6 is 0 Å². The van der Waals surface area contributed by atoms with E-state index in [0.717, 1.165) is 5.56 Å². The number of benzene rings is 1. The molecule has 0 aromatic heterocycles. The largest absolute Gasteiger partial charge is 0.493 e. The number of hydrogen-bond acceptors (Lipinski definition) is 4. The maximum Gasteiger partial charge on any atom is 0.312 e. The average molecular weight is 323 g/mol. The Morgan fingerprint density at radius 3 is 2.22 bits per heavy atom. The summed E-state index contributed by atoms with van der Waals surface area (Å²) in [5.41, 5.74) is 6.56. The molecule has 0 unspecified atom stereocenters. The Morgan fingerprint density at radius 1 is 1.17 bits per heavy atom. The van der Waals surface area contributed by atoms with E-state index >= 15 is 0 Å². The summed E-state index contributed by atoms with van der Waals surface area (Å²) in [7, 11) is 3.07. The molecule has 7 nitrogen and oxygen atoms in total. The Bertz CT molecular complexity index is 573. The first kappa shape index (κ1) is 18.6. The molecule has 128 valence electrons. The Kier molecular flexibility index (Phi) is 6.68. The minimum Gasteiger partial charge on any atom is -0.493 e. The third kappa shape index (κ3) is 5.36. The number of carbonyl (C=O) groups excluding carboxylic acids is 2. The molecule has 1 rings (SSSR count). The number of methoxy groups -OCH3 is 2. The van der Waals surface area contributed by atoms with Gasteiger partial charge in [0.05, 0.1) is 14.2 Å². The molecule has 0 radical (unpaired) electrons. The van der Waals surface area contributed by atoms with Gasteiger partial charge in [-0.3, -0.25) is 4.79 Å². The molecule has 3 amide bonds. The number of carbonyl (C=O) groups is 2. The molecule has 0 bridgehead atoms. The van der Waals surface area contributed by atoms with Crippen molar-refractivity contribution in [1.29, 1.82) is 0 Å². The van der Waals surface area contributed by atoms with Crippen LogP contribution in [0.5, 0.6) is 11.5 Å². The van der Waals surface area contributed by atoms with Crippen LogP contribution < -0.4 is 25.8 Å². The molecule has 0 aliphatic heterocycles. The maximum atomic E-state index is 12.4. The van der Waals surface area contributed by atoms with Gasteiger partial charge in [0.15, 0.2) is 11.5 Å². The summed E-state index contributed by atoms with van der Waals surface area (Å²) in [6.07, 6.45) is 0.487. The molecule has 0 fully saturated rings. The van der Waals surface area contributed by atoms with Gasteiger partial charge in [-0.1, -0.05) is 13.8 Å². The lowest BCUT2D eigenvalue weighted by atomic mass is 10.0. The topological polar surface area (TPSA) is 103 Å². The molecular formula is C16H25N3O4. The summed E-state index contributed by atoms with van der Waals surface area (Å²) in [5, 5.41) is 5.27. The molecular weight excluding hydrogens is 298 g/mol. The van der Waals surface area contributed by atoms with Gasteiger partial charge in [-0.05, 0) is 30.9 Å². The van der Waals surface area contributed by atoms with Crippen LogP contribution in [-0.2, 0) is 4.79 Å². The number of ether oxygens (including phenoxy) is 2. The number of urea groups is 1. The molecule has 0 saturated carbocycles. The highest BCUT2D eigenvalue weighted by molar-refractivity contribution is 5.97. The Morgan fingerprint density at radius 2 is 1.74 bits per heavy atom. The zero-order valence-corrected chi connectivity index (χ0v) is 14.2. The number of nitrogens with two attached hydrogens (primary N) is 1. The van der Waals surface area contributed by atoms with Gasteiger partial charge in [-0.25, -0.2) is 4.79 Å². The van der Waals surface area contributed by atoms with Gasteiger partial charge in [0.1, 0.15) is 6.04 Å². The molecule has 1 aromatic rings. The van der Waals surface area contributed by atoms with Gasteiger partial charge >= 0.3 is 6.03 Å². The minimum atomic E-state index is -0.727. The number of amides is 3. The van der Waals surface area contributed by atoms with Crippen LogP contribution in [0.25, 0.3) is 0 Å². The highest BCUT2D eigenvalue weighted by atomic mass is 16.5. The summed E-state index contributed by atoms with van der Waals surface area (Å²) >= 11 is 0. The summed E-state index contributed by atoms with van der Waals surface area (Å²) in [6.45, 7) is 5.77. The zero-order valence-electron chi connectivity index (χ0n) is 14.2. The SMILES string of the molecule is COc1cc(C)c(NC(=O)[C@H](CC(C)C)NC(N)=O)cc1OC. The van der Waals surface area contributed by atoms with Gasteiger partial charge in [-0.15, -0.1) is 0 Å². The lowest BCUT2D eigenvalue weighted by Gasteiger charge is -2.20. The highest BCUT2D eigenvalue weighted by Gasteiger charge is 2.22. The van der Waals surface area contributed by atoms with Crippen LogP contribution in [0.4, 0.5) is 10.5 Å². The maximum absolute atomic E-state index is 12.4. The molecule has 1 atom stereocenters. The van der Waals surface area contributed by atoms with E-state index in [1.54, 1.807) is 19.2 Å². The number of rotatable bonds is 7. The standard InChI is InChI=1S/C16H25N3O4/c1-9(2)6-12(19-16(17)21)15(20)18-11-8-14(23-5)13(22-4)7-10(11)3/h7-9,12H,6H2,1-5H3,(H,18,20)(H3,17,19,21)/t12-/m0/s1. The second-order valence-electron chi connectivity index (χ2n) is 5.70. The van der Waals surface area contributed by atoms with Crippen molar-refractivity contribution in [2.24, 2.45) is 11.7 Å². The number of nitrogens with one attached hydrogen (secondary N) is 2. The average Bonchev–Trinajstić information content (AvgIpc) is 2.47. The number of primary amides is 1. The molecule has 0 aliphatic rings. The first-order valence-electron chi connectivity index (χ1n) is 7.37.